The van der Waals surface area contributed by atoms with Gasteiger partial charge in [-0.3, -0.25) is 0 Å². The molecule has 0 spiro atoms. The normalized spacial score (nSPS) is 16.4. The van der Waals surface area contributed by atoms with E-state index in [0.717, 1.165) is 0 Å². The van der Waals surface area contributed by atoms with Crippen LogP contribution in [-0.4, -0.2) is 42.3 Å². The molecule has 0 saturated heterocycles. The minimum atomic E-state index is -0.669. The lowest BCUT2D eigenvalue weighted by Gasteiger charge is -2.17. The maximum atomic E-state index is 9.26. The Kier molecular flexibility index (Phi) is 6.99. The Balaban J connectivity index is 3.51. The van der Waals surface area contributed by atoms with Gasteiger partial charge in [0, 0.05) is 18.8 Å². The molecule has 2 atom stereocenters. The van der Waals surface area contributed by atoms with Crippen LogP contribution < -0.4 is 5.73 Å². The van der Waals surface area contributed by atoms with Crippen molar-refractivity contribution in [1.29, 1.82) is 0 Å². The van der Waals surface area contributed by atoms with Crippen molar-refractivity contribution in [3.05, 3.63) is 0 Å². The van der Waals surface area contributed by atoms with Crippen molar-refractivity contribution in [2.45, 2.75) is 6.10 Å². The van der Waals surface area contributed by atoms with Crippen molar-refractivity contribution in [2.24, 2.45) is 11.7 Å². The van der Waals surface area contributed by atoms with E-state index in [4.69, 9.17) is 15.0 Å². The zero-order valence-electron chi connectivity index (χ0n) is 6.56. The third-order valence-electron chi connectivity index (χ3n) is 1.44. The van der Waals surface area contributed by atoms with Gasteiger partial charge >= 0.3 is 0 Å². The molecule has 0 bridgehead atoms. The summed E-state index contributed by atoms with van der Waals surface area (Å²) in [4.78, 5) is 0. The fourth-order valence-electron chi connectivity index (χ4n) is 0.627. The Hall–Kier alpha value is 0.190. The highest BCUT2D eigenvalue weighted by Crippen LogP contribution is 2.04. The number of aliphatic hydroxyl groups excluding tert-OH is 2. The largest absolute Gasteiger partial charge is 0.396 e. The number of aliphatic hydroxyl groups is 2. The first-order valence-corrected chi connectivity index (χ1v) is 4.55. The summed E-state index contributed by atoms with van der Waals surface area (Å²) >= 11 is 1.19. The Labute approximate surface area is 70.9 Å². The molecule has 4 N–H and O–H groups in total. The number of hydrogen-bond acceptors (Lipinski definition) is 5. The Morgan fingerprint density at radius 1 is 1.64 bits per heavy atom. The maximum absolute atomic E-state index is 9.26. The first-order valence-electron chi connectivity index (χ1n) is 3.40. The summed E-state index contributed by atoms with van der Waals surface area (Å²) in [6, 6.07) is 0. The van der Waals surface area contributed by atoms with E-state index in [1.165, 1.54) is 12.0 Å². The van der Waals surface area contributed by atoms with Crippen molar-refractivity contribution in [2.75, 3.05) is 26.0 Å². The van der Waals surface area contributed by atoms with Crippen LogP contribution in [0.4, 0.5) is 0 Å². The maximum Gasteiger partial charge on any atom is 0.0877 e. The molecule has 0 rings (SSSR count). The molecule has 0 aromatic carbocycles. The summed E-state index contributed by atoms with van der Waals surface area (Å²) in [5, 5.41) is 18.0. The van der Waals surface area contributed by atoms with Crippen LogP contribution in [-0.2, 0) is 4.18 Å². The zero-order valence-corrected chi connectivity index (χ0v) is 7.38. The molecule has 0 aliphatic carbocycles. The predicted molar refractivity (Wildman–Crippen MR) is 45.1 cm³/mol. The van der Waals surface area contributed by atoms with Gasteiger partial charge in [0.25, 0.3) is 0 Å². The van der Waals surface area contributed by atoms with E-state index < -0.39 is 6.10 Å². The van der Waals surface area contributed by atoms with Gasteiger partial charge in [0.1, 0.15) is 0 Å². The minimum absolute atomic E-state index is 0.102. The first-order chi connectivity index (χ1) is 5.26. The molecule has 0 aromatic rings. The molecule has 68 valence electrons. The zero-order chi connectivity index (χ0) is 8.69. The van der Waals surface area contributed by atoms with Crippen LogP contribution in [0.3, 0.4) is 0 Å². The Morgan fingerprint density at radius 3 is 2.64 bits per heavy atom. The molecule has 4 nitrogen and oxygen atoms in total. The fourth-order valence-corrected chi connectivity index (χ4v) is 0.903. The Morgan fingerprint density at radius 2 is 2.27 bits per heavy atom. The van der Waals surface area contributed by atoms with Gasteiger partial charge in [0.05, 0.1) is 12.7 Å². The topological polar surface area (TPSA) is 75.7 Å². The molecule has 0 fully saturated rings. The lowest BCUT2D eigenvalue weighted by atomic mass is 10.1. The van der Waals surface area contributed by atoms with Crippen molar-refractivity contribution in [3.8, 4) is 0 Å². The number of rotatable bonds is 6. The minimum Gasteiger partial charge on any atom is -0.396 e. The van der Waals surface area contributed by atoms with Gasteiger partial charge in [-0.1, -0.05) is 0 Å². The lowest BCUT2D eigenvalue weighted by Crippen LogP contribution is -2.33. The molecule has 0 aliphatic rings. The number of nitrogens with two attached hydrogens (primary N) is 1. The van der Waals surface area contributed by atoms with Crippen LogP contribution in [0.25, 0.3) is 0 Å². The van der Waals surface area contributed by atoms with Gasteiger partial charge in [0.15, 0.2) is 0 Å². The summed E-state index contributed by atoms with van der Waals surface area (Å²) in [5.41, 5.74) is 5.27. The monoisotopic (exact) mass is 181 g/mol. The first kappa shape index (κ1) is 11.2. The Bertz CT molecular complexity index is 89.9. The molecule has 0 heterocycles. The van der Waals surface area contributed by atoms with Crippen LogP contribution in [0.5, 0.6) is 0 Å². The van der Waals surface area contributed by atoms with E-state index in [1.807, 2.05) is 0 Å². The highest BCUT2D eigenvalue weighted by atomic mass is 32.2. The second-order valence-corrected chi connectivity index (χ2v) is 2.77. The summed E-state index contributed by atoms with van der Waals surface area (Å²) < 4.78 is 4.88. The van der Waals surface area contributed by atoms with Gasteiger partial charge in [-0.25, -0.2) is 0 Å². The van der Waals surface area contributed by atoms with Gasteiger partial charge in [0.2, 0.25) is 0 Å². The average molecular weight is 181 g/mol. The lowest BCUT2D eigenvalue weighted by molar-refractivity contribution is 0.0403. The van der Waals surface area contributed by atoms with Crippen molar-refractivity contribution in [1.82, 2.24) is 0 Å². The molecule has 0 amide bonds. The molecule has 5 heteroatoms. The third-order valence-corrected chi connectivity index (χ3v) is 1.81. The quantitative estimate of drug-likeness (QED) is 0.468. The van der Waals surface area contributed by atoms with Gasteiger partial charge in [-0.05, 0) is 18.6 Å². The van der Waals surface area contributed by atoms with E-state index in [-0.39, 0.29) is 25.7 Å². The van der Waals surface area contributed by atoms with E-state index in [0.29, 0.717) is 0 Å². The van der Waals surface area contributed by atoms with Crippen molar-refractivity contribution >= 4 is 12.0 Å². The summed E-state index contributed by atoms with van der Waals surface area (Å²) in [5.74, 6) is -0.276. The van der Waals surface area contributed by atoms with E-state index in [9.17, 15) is 5.11 Å². The van der Waals surface area contributed by atoms with Crippen LogP contribution in [0.1, 0.15) is 0 Å². The molecule has 11 heavy (non-hydrogen) atoms. The molecule has 2 unspecified atom stereocenters. The second-order valence-electron chi connectivity index (χ2n) is 2.20. The standard InChI is InChI=1S/C6H15NO3S/c1-11-10-4-6(9)5(2-7)3-8/h5-6,8-9H,2-4,7H2,1H3. The highest BCUT2D eigenvalue weighted by Gasteiger charge is 2.16. The van der Waals surface area contributed by atoms with E-state index >= 15 is 0 Å². The fraction of sp³-hybridized carbons (Fsp3) is 1.00. The van der Waals surface area contributed by atoms with Crippen molar-refractivity contribution < 1.29 is 14.4 Å². The summed E-state index contributed by atoms with van der Waals surface area (Å²) in [6.45, 7) is 0.383. The molecule has 0 radical (unpaired) electrons. The molecular weight excluding hydrogens is 166 g/mol. The molecule has 0 aromatic heterocycles. The summed E-state index contributed by atoms with van der Waals surface area (Å²) in [6.07, 6.45) is 1.10. The SMILES string of the molecule is CSOCC(O)C(CN)CO. The average Bonchev–Trinajstić information content (AvgIpc) is 2.03. The second kappa shape index (κ2) is 6.87. The van der Waals surface area contributed by atoms with Crippen LogP contribution in [0.15, 0.2) is 0 Å². The smallest absolute Gasteiger partial charge is 0.0877 e. The number of hydrogen-bond donors (Lipinski definition) is 3. The molecule has 0 saturated carbocycles. The van der Waals surface area contributed by atoms with Gasteiger partial charge in [-0.15, -0.1) is 0 Å². The van der Waals surface area contributed by atoms with Crippen LogP contribution >= 0.6 is 12.0 Å². The third kappa shape index (κ3) is 4.60. The molecular formula is C6H15NO3S. The van der Waals surface area contributed by atoms with E-state index in [2.05, 4.69) is 0 Å². The van der Waals surface area contributed by atoms with Gasteiger partial charge < -0.3 is 20.1 Å². The summed E-state index contributed by atoms with van der Waals surface area (Å²) in [7, 11) is 0. The highest BCUT2D eigenvalue weighted by molar-refractivity contribution is 7.93. The van der Waals surface area contributed by atoms with Crippen molar-refractivity contribution in [3.63, 3.8) is 0 Å². The van der Waals surface area contributed by atoms with Crippen LogP contribution in [0.2, 0.25) is 0 Å². The van der Waals surface area contributed by atoms with Gasteiger partial charge in [-0.2, -0.15) is 0 Å². The van der Waals surface area contributed by atoms with E-state index in [1.54, 1.807) is 6.26 Å². The predicted octanol–water partition coefficient (Wildman–Crippen LogP) is -0.791. The molecule has 0 aliphatic heterocycles. The van der Waals surface area contributed by atoms with Crippen LogP contribution in [0, 0.1) is 5.92 Å².